The zero-order valence-electron chi connectivity index (χ0n) is 11.1. The summed E-state index contributed by atoms with van der Waals surface area (Å²) in [6.45, 7) is 1.78. The van der Waals surface area contributed by atoms with E-state index in [1.165, 1.54) is 12.1 Å². The molecule has 0 saturated heterocycles. The van der Waals surface area contributed by atoms with Gasteiger partial charge in [0.2, 0.25) is 5.82 Å². The molecule has 21 heavy (non-hydrogen) atoms. The number of nitrogens with zero attached hydrogens (tertiary/aromatic N) is 2. The van der Waals surface area contributed by atoms with Gasteiger partial charge in [0, 0.05) is 16.3 Å². The number of benzene rings is 2. The summed E-state index contributed by atoms with van der Waals surface area (Å²) < 4.78 is 18.4. The fourth-order valence-electron chi connectivity index (χ4n) is 2.03. The Kier molecular flexibility index (Phi) is 3.35. The second-order valence-corrected chi connectivity index (χ2v) is 5.05. The molecule has 0 spiro atoms. The van der Waals surface area contributed by atoms with Gasteiger partial charge in [-0.2, -0.15) is 4.98 Å². The highest BCUT2D eigenvalue weighted by Crippen LogP contribution is 2.30. The molecule has 0 aliphatic carbocycles. The molecule has 0 saturated carbocycles. The molecule has 0 amide bonds. The Balaban J connectivity index is 2.06. The number of anilines is 1. The monoisotopic (exact) mass is 303 g/mol. The molecule has 6 heteroatoms. The van der Waals surface area contributed by atoms with Gasteiger partial charge in [-0.05, 0) is 48.9 Å². The van der Waals surface area contributed by atoms with Gasteiger partial charge in [-0.3, -0.25) is 0 Å². The van der Waals surface area contributed by atoms with E-state index in [0.717, 1.165) is 5.56 Å². The van der Waals surface area contributed by atoms with E-state index < -0.39 is 0 Å². The largest absolute Gasteiger partial charge is 0.398 e. The van der Waals surface area contributed by atoms with Crippen LogP contribution in [-0.2, 0) is 0 Å². The Bertz CT molecular complexity index is 816. The maximum atomic E-state index is 13.1. The Morgan fingerprint density at radius 2 is 1.95 bits per heavy atom. The van der Waals surface area contributed by atoms with Gasteiger partial charge in [0.05, 0.1) is 5.56 Å². The van der Waals surface area contributed by atoms with Crippen LogP contribution in [0, 0.1) is 12.7 Å². The smallest absolute Gasteiger partial charge is 0.260 e. The molecule has 3 rings (SSSR count). The molecule has 3 aromatic rings. The van der Waals surface area contributed by atoms with Crippen molar-refractivity contribution in [3.63, 3.8) is 0 Å². The van der Waals surface area contributed by atoms with Crippen molar-refractivity contribution in [2.24, 2.45) is 0 Å². The third-order valence-electron chi connectivity index (χ3n) is 3.10. The van der Waals surface area contributed by atoms with Crippen molar-refractivity contribution in [3.05, 3.63) is 52.8 Å². The van der Waals surface area contributed by atoms with Crippen LogP contribution in [-0.4, -0.2) is 10.1 Å². The molecule has 2 aromatic carbocycles. The molecule has 0 aliphatic heterocycles. The van der Waals surface area contributed by atoms with E-state index in [9.17, 15) is 4.39 Å². The van der Waals surface area contributed by atoms with Gasteiger partial charge in [-0.25, -0.2) is 4.39 Å². The predicted molar refractivity (Wildman–Crippen MR) is 79.3 cm³/mol. The number of nitrogens with two attached hydrogens (primary N) is 1. The summed E-state index contributed by atoms with van der Waals surface area (Å²) >= 11 is 5.95. The van der Waals surface area contributed by atoms with Gasteiger partial charge in [-0.15, -0.1) is 0 Å². The van der Waals surface area contributed by atoms with Crippen molar-refractivity contribution in [2.75, 3.05) is 5.73 Å². The molecule has 0 fully saturated rings. The Hall–Kier alpha value is -2.40. The summed E-state index contributed by atoms with van der Waals surface area (Å²) in [5.74, 6) is 0.342. The number of rotatable bonds is 2. The minimum atomic E-state index is -0.306. The maximum absolute atomic E-state index is 13.1. The average molecular weight is 304 g/mol. The Morgan fingerprint density at radius 1 is 1.14 bits per heavy atom. The molecule has 2 N–H and O–H groups in total. The van der Waals surface area contributed by atoms with Crippen molar-refractivity contribution in [1.29, 1.82) is 0 Å². The first-order valence-corrected chi connectivity index (χ1v) is 6.58. The molecule has 0 unspecified atom stereocenters. The fourth-order valence-corrected chi connectivity index (χ4v) is 2.21. The minimum Gasteiger partial charge on any atom is -0.398 e. The van der Waals surface area contributed by atoms with Crippen molar-refractivity contribution >= 4 is 17.3 Å². The third-order valence-corrected chi connectivity index (χ3v) is 3.34. The van der Waals surface area contributed by atoms with Crippen LogP contribution < -0.4 is 5.73 Å². The number of halogens is 2. The number of aromatic nitrogens is 2. The first-order valence-electron chi connectivity index (χ1n) is 6.20. The van der Waals surface area contributed by atoms with E-state index in [-0.39, 0.29) is 11.7 Å². The van der Waals surface area contributed by atoms with Gasteiger partial charge in [0.25, 0.3) is 5.89 Å². The first kappa shape index (κ1) is 13.6. The normalized spacial score (nSPS) is 10.8. The number of aryl methyl sites for hydroxylation is 1. The third kappa shape index (κ3) is 2.60. The topological polar surface area (TPSA) is 64.9 Å². The maximum Gasteiger partial charge on any atom is 0.260 e. The lowest BCUT2D eigenvalue weighted by Crippen LogP contribution is -1.90. The zero-order valence-corrected chi connectivity index (χ0v) is 11.9. The van der Waals surface area contributed by atoms with Crippen LogP contribution in [0.3, 0.4) is 0 Å². The first-order chi connectivity index (χ1) is 10.0. The molecule has 0 radical (unpaired) electrons. The number of hydrogen-bond donors (Lipinski definition) is 1. The van der Waals surface area contributed by atoms with E-state index in [1.807, 2.05) is 0 Å². The summed E-state index contributed by atoms with van der Waals surface area (Å²) in [7, 11) is 0. The van der Waals surface area contributed by atoms with Gasteiger partial charge in [-0.1, -0.05) is 16.8 Å². The van der Waals surface area contributed by atoms with Crippen LogP contribution in [0.5, 0.6) is 0 Å². The van der Waals surface area contributed by atoms with Gasteiger partial charge < -0.3 is 10.3 Å². The Morgan fingerprint density at radius 3 is 2.71 bits per heavy atom. The van der Waals surface area contributed by atoms with Crippen LogP contribution in [0.25, 0.3) is 22.8 Å². The summed E-state index contributed by atoms with van der Waals surface area (Å²) in [5, 5.41) is 4.44. The van der Waals surface area contributed by atoms with Crippen molar-refractivity contribution in [3.8, 4) is 22.8 Å². The second kappa shape index (κ2) is 5.18. The molecular weight excluding hydrogens is 293 g/mol. The lowest BCUT2D eigenvalue weighted by molar-refractivity contribution is 0.432. The molecule has 4 nitrogen and oxygen atoms in total. The highest BCUT2D eigenvalue weighted by atomic mass is 35.5. The summed E-state index contributed by atoms with van der Waals surface area (Å²) in [5.41, 5.74) is 8.37. The van der Waals surface area contributed by atoms with E-state index in [2.05, 4.69) is 10.1 Å². The van der Waals surface area contributed by atoms with Crippen LogP contribution >= 0.6 is 11.6 Å². The molecular formula is C15H11ClFN3O. The molecule has 1 aromatic heterocycles. The summed E-state index contributed by atoms with van der Waals surface area (Å²) in [4.78, 5) is 4.30. The quantitative estimate of drug-likeness (QED) is 0.724. The van der Waals surface area contributed by atoms with E-state index in [0.29, 0.717) is 27.7 Å². The van der Waals surface area contributed by atoms with Crippen molar-refractivity contribution < 1.29 is 8.91 Å². The Labute approximate surface area is 125 Å². The van der Waals surface area contributed by atoms with E-state index >= 15 is 0 Å². The zero-order chi connectivity index (χ0) is 15.0. The highest BCUT2D eigenvalue weighted by Gasteiger charge is 2.15. The lowest BCUT2D eigenvalue weighted by atomic mass is 10.1. The van der Waals surface area contributed by atoms with Crippen molar-refractivity contribution in [1.82, 2.24) is 10.1 Å². The SMILES string of the molecule is Cc1cc(F)ccc1-c1noc(-c2cc(Cl)ccc2N)n1. The minimum absolute atomic E-state index is 0.272. The van der Waals surface area contributed by atoms with Gasteiger partial charge >= 0.3 is 0 Å². The molecule has 1 heterocycles. The predicted octanol–water partition coefficient (Wildman–Crippen LogP) is 4.09. The number of hydrogen-bond acceptors (Lipinski definition) is 4. The lowest BCUT2D eigenvalue weighted by Gasteiger charge is -2.01. The molecule has 106 valence electrons. The van der Waals surface area contributed by atoms with Crippen LogP contribution in [0.15, 0.2) is 40.9 Å². The average Bonchev–Trinajstić information content (AvgIpc) is 2.91. The number of nitrogen functional groups attached to an aromatic ring is 1. The van der Waals surface area contributed by atoms with Crippen LogP contribution in [0.4, 0.5) is 10.1 Å². The van der Waals surface area contributed by atoms with E-state index in [4.69, 9.17) is 21.9 Å². The van der Waals surface area contributed by atoms with Crippen LogP contribution in [0.1, 0.15) is 5.56 Å². The van der Waals surface area contributed by atoms with Crippen LogP contribution in [0.2, 0.25) is 5.02 Å². The fraction of sp³-hybridized carbons (Fsp3) is 0.0667. The summed E-state index contributed by atoms with van der Waals surface area (Å²) in [6, 6.07) is 9.39. The van der Waals surface area contributed by atoms with Gasteiger partial charge in [0.15, 0.2) is 0 Å². The van der Waals surface area contributed by atoms with Crippen molar-refractivity contribution in [2.45, 2.75) is 6.92 Å². The molecule has 0 atom stereocenters. The molecule has 0 aliphatic rings. The van der Waals surface area contributed by atoms with Gasteiger partial charge in [0.1, 0.15) is 5.82 Å². The molecule has 0 bridgehead atoms. The second-order valence-electron chi connectivity index (χ2n) is 4.61. The van der Waals surface area contributed by atoms with E-state index in [1.54, 1.807) is 31.2 Å². The standard InChI is InChI=1S/C15H11ClFN3O/c1-8-6-10(17)3-4-11(8)14-19-15(21-20-14)12-7-9(16)2-5-13(12)18/h2-7H,18H2,1H3. The summed E-state index contributed by atoms with van der Waals surface area (Å²) in [6.07, 6.45) is 0. The highest BCUT2D eigenvalue weighted by molar-refractivity contribution is 6.31.